The van der Waals surface area contributed by atoms with Gasteiger partial charge >= 0.3 is 0 Å². The zero-order valence-corrected chi connectivity index (χ0v) is 15.6. The summed E-state index contributed by atoms with van der Waals surface area (Å²) in [6.07, 6.45) is 8.99. The highest BCUT2D eigenvalue weighted by Crippen LogP contribution is 2.41. The Morgan fingerprint density at radius 2 is 2.08 bits per heavy atom. The summed E-state index contributed by atoms with van der Waals surface area (Å²) in [6, 6.07) is 0. The molecule has 1 aromatic rings. The highest BCUT2D eigenvalue weighted by molar-refractivity contribution is 7.09. The summed E-state index contributed by atoms with van der Waals surface area (Å²) in [6.45, 7) is 7.02. The lowest BCUT2D eigenvalue weighted by atomic mass is 9.71. The van der Waals surface area contributed by atoms with E-state index in [0.717, 1.165) is 56.5 Å². The molecule has 132 valence electrons. The Balaban J connectivity index is 1.33. The predicted molar refractivity (Wildman–Crippen MR) is 97.0 cm³/mol. The van der Waals surface area contributed by atoms with Crippen LogP contribution in [0.1, 0.15) is 55.6 Å². The summed E-state index contributed by atoms with van der Waals surface area (Å²) < 4.78 is 0. The first kappa shape index (κ1) is 16.5. The summed E-state index contributed by atoms with van der Waals surface area (Å²) >= 11 is 1.72. The molecule has 1 aromatic heterocycles. The number of nitrogens with zero attached hydrogens (tertiary/aromatic N) is 3. The standard InChI is InChI=1S/C19H29N3OS/c1-15-20-17(12-24-15)11-21-9-5-8-19(13-21)14-22(18(19)23)10-16-6-3-2-4-7-16/h12,16H,2-11,13-14H2,1H3. The van der Waals surface area contributed by atoms with Crippen molar-refractivity contribution in [3.05, 3.63) is 16.1 Å². The molecule has 0 aromatic carbocycles. The van der Waals surface area contributed by atoms with Gasteiger partial charge < -0.3 is 4.90 Å². The Morgan fingerprint density at radius 3 is 2.79 bits per heavy atom. The largest absolute Gasteiger partial charge is 0.341 e. The van der Waals surface area contributed by atoms with E-state index in [0.29, 0.717) is 5.91 Å². The molecule has 24 heavy (non-hydrogen) atoms. The van der Waals surface area contributed by atoms with Crippen LogP contribution in [0, 0.1) is 18.3 Å². The number of aromatic nitrogens is 1. The van der Waals surface area contributed by atoms with Crippen LogP contribution in [0.15, 0.2) is 5.38 Å². The first-order valence-electron chi connectivity index (χ1n) is 9.57. The van der Waals surface area contributed by atoms with Crippen molar-refractivity contribution in [1.82, 2.24) is 14.8 Å². The molecular formula is C19H29N3OS. The van der Waals surface area contributed by atoms with Crippen LogP contribution in [0.4, 0.5) is 0 Å². The van der Waals surface area contributed by atoms with Crippen molar-refractivity contribution in [3.8, 4) is 0 Å². The number of thiazole rings is 1. The Kier molecular flexibility index (Phi) is 4.65. The van der Waals surface area contributed by atoms with Crippen molar-refractivity contribution in [2.45, 2.75) is 58.4 Å². The Morgan fingerprint density at radius 1 is 1.25 bits per heavy atom. The molecule has 1 unspecified atom stereocenters. The first-order chi connectivity index (χ1) is 11.6. The Bertz CT molecular complexity index is 595. The summed E-state index contributed by atoms with van der Waals surface area (Å²) in [7, 11) is 0. The molecule has 1 amide bonds. The molecule has 3 heterocycles. The Hall–Kier alpha value is -0.940. The fraction of sp³-hybridized carbons (Fsp3) is 0.789. The maximum Gasteiger partial charge on any atom is 0.231 e. The van der Waals surface area contributed by atoms with Crippen molar-refractivity contribution in [2.24, 2.45) is 11.3 Å². The number of carbonyl (C=O) groups is 1. The third-order valence-corrected chi connectivity index (χ3v) is 6.97. The second-order valence-corrected chi connectivity index (χ2v) is 9.20. The summed E-state index contributed by atoms with van der Waals surface area (Å²) in [5, 5.41) is 3.30. The monoisotopic (exact) mass is 347 g/mol. The number of amides is 1. The molecule has 2 aliphatic heterocycles. The molecule has 4 rings (SSSR count). The molecule has 1 spiro atoms. The maximum atomic E-state index is 12.9. The van der Waals surface area contributed by atoms with Gasteiger partial charge in [-0.25, -0.2) is 4.98 Å². The minimum absolute atomic E-state index is 0.0714. The van der Waals surface area contributed by atoms with Gasteiger partial charge in [-0.15, -0.1) is 11.3 Å². The molecule has 1 aliphatic carbocycles. The van der Waals surface area contributed by atoms with E-state index < -0.39 is 0 Å². The van der Waals surface area contributed by atoms with Crippen LogP contribution >= 0.6 is 11.3 Å². The quantitative estimate of drug-likeness (QED) is 0.783. The lowest BCUT2D eigenvalue weighted by molar-refractivity contribution is -0.167. The van der Waals surface area contributed by atoms with E-state index in [-0.39, 0.29) is 5.41 Å². The van der Waals surface area contributed by atoms with Crippen LogP contribution in [-0.2, 0) is 11.3 Å². The number of rotatable bonds is 4. The smallest absolute Gasteiger partial charge is 0.231 e. The van der Waals surface area contributed by atoms with Crippen LogP contribution in [0.3, 0.4) is 0 Å². The van der Waals surface area contributed by atoms with Crippen molar-refractivity contribution >= 4 is 17.2 Å². The number of aryl methyl sites for hydroxylation is 1. The normalized spacial score (nSPS) is 29.2. The van der Waals surface area contributed by atoms with Gasteiger partial charge in [-0.3, -0.25) is 9.69 Å². The van der Waals surface area contributed by atoms with Crippen molar-refractivity contribution < 1.29 is 4.79 Å². The van der Waals surface area contributed by atoms with Gasteiger partial charge in [0.05, 0.1) is 16.1 Å². The minimum Gasteiger partial charge on any atom is -0.341 e. The van der Waals surface area contributed by atoms with Gasteiger partial charge in [-0.1, -0.05) is 19.3 Å². The van der Waals surface area contributed by atoms with Crippen molar-refractivity contribution in [2.75, 3.05) is 26.2 Å². The van der Waals surface area contributed by atoms with E-state index in [4.69, 9.17) is 0 Å². The van der Waals surface area contributed by atoms with Crippen LogP contribution in [-0.4, -0.2) is 46.9 Å². The molecule has 1 saturated carbocycles. The molecule has 0 N–H and O–H groups in total. The first-order valence-corrected chi connectivity index (χ1v) is 10.5. The molecule has 2 saturated heterocycles. The summed E-state index contributed by atoms with van der Waals surface area (Å²) in [4.78, 5) is 22.1. The second kappa shape index (κ2) is 6.75. The zero-order chi connectivity index (χ0) is 16.6. The van der Waals surface area contributed by atoms with E-state index in [1.54, 1.807) is 11.3 Å². The topological polar surface area (TPSA) is 36.4 Å². The highest BCUT2D eigenvalue weighted by Gasteiger charge is 2.53. The summed E-state index contributed by atoms with van der Waals surface area (Å²) in [5.41, 5.74) is 1.10. The maximum absolute atomic E-state index is 12.9. The molecule has 0 radical (unpaired) electrons. The van der Waals surface area contributed by atoms with E-state index in [1.165, 1.54) is 37.8 Å². The molecule has 3 fully saturated rings. The zero-order valence-electron chi connectivity index (χ0n) is 14.8. The van der Waals surface area contributed by atoms with Gasteiger partial charge in [0.25, 0.3) is 0 Å². The number of carbonyl (C=O) groups excluding carboxylic acids is 1. The highest BCUT2D eigenvalue weighted by atomic mass is 32.1. The van der Waals surface area contributed by atoms with Crippen LogP contribution in [0.5, 0.6) is 0 Å². The number of hydrogen-bond acceptors (Lipinski definition) is 4. The van der Waals surface area contributed by atoms with Crippen molar-refractivity contribution in [1.29, 1.82) is 0 Å². The van der Waals surface area contributed by atoms with Crippen LogP contribution < -0.4 is 0 Å². The average Bonchev–Trinajstić information content (AvgIpc) is 3.00. The van der Waals surface area contributed by atoms with Crippen molar-refractivity contribution in [3.63, 3.8) is 0 Å². The van der Waals surface area contributed by atoms with Gasteiger partial charge in [0, 0.05) is 31.6 Å². The molecule has 1 atom stereocenters. The van der Waals surface area contributed by atoms with Gasteiger partial charge in [-0.05, 0) is 45.1 Å². The van der Waals surface area contributed by atoms with Gasteiger partial charge in [0.15, 0.2) is 0 Å². The SMILES string of the molecule is Cc1nc(CN2CCCC3(C2)CN(CC2CCCCC2)C3=O)cs1. The minimum atomic E-state index is -0.0714. The summed E-state index contributed by atoms with van der Waals surface area (Å²) in [5.74, 6) is 1.20. The molecule has 0 bridgehead atoms. The fourth-order valence-electron chi connectivity index (χ4n) is 4.95. The van der Waals surface area contributed by atoms with E-state index in [2.05, 4.69) is 27.1 Å². The van der Waals surface area contributed by atoms with Crippen LogP contribution in [0.25, 0.3) is 0 Å². The Labute approximate surface area is 149 Å². The molecular weight excluding hydrogens is 318 g/mol. The van der Waals surface area contributed by atoms with Gasteiger partial charge in [0.1, 0.15) is 0 Å². The van der Waals surface area contributed by atoms with E-state index >= 15 is 0 Å². The fourth-order valence-corrected chi connectivity index (χ4v) is 5.56. The second-order valence-electron chi connectivity index (χ2n) is 8.14. The third kappa shape index (κ3) is 3.25. The predicted octanol–water partition coefficient (Wildman–Crippen LogP) is 3.46. The third-order valence-electron chi connectivity index (χ3n) is 6.15. The lowest BCUT2D eigenvalue weighted by Crippen LogP contribution is -2.67. The number of likely N-dealkylation sites (tertiary alicyclic amines) is 2. The lowest BCUT2D eigenvalue weighted by Gasteiger charge is -2.54. The van der Waals surface area contributed by atoms with E-state index in [1.807, 2.05) is 0 Å². The molecule has 3 aliphatic rings. The molecule has 5 heteroatoms. The van der Waals surface area contributed by atoms with Gasteiger partial charge in [0.2, 0.25) is 5.91 Å². The molecule has 4 nitrogen and oxygen atoms in total. The number of β-lactam (4-membered cyclic amide) rings is 1. The van der Waals surface area contributed by atoms with Crippen LogP contribution in [0.2, 0.25) is 0 Å². The average molecular weight is 348 g/mol. The van der Waals surface area contributed by atoms with E-state index in [9.17, 15) is 4.79 Å². The number of piperidine rings is 1. The number of hydrogen-bond donors (Lipinski definition) is 0. The van der Waals surface area contributed by atoms with Gasteiger partial charge in [-0.2, -0.15) is 0 Å².